The SMILES string of the molecule is CC1=C(c2ccc(Cl)cc2)NP(=O)(Oc2ccccc2)N=P1(c1ccccc1)c1ccccc1. The molecule has 0 spiro atoms. The van der Waals surface area contributed by atoms with Crippen LogP contribution in [0.15, 0.2) is 125 Å². The van der Waals surface area contributed by atoms with Crippen molar-refractivity contribution < 1.29 is 9.09 Å². The Hall–Kier alpha value is -3.03. The number of nitrogens with one attached hydrogen (secondary N) is 1. The van der Waals surface area contributed by atoms with Crippen molar-refractivity contribution in [2.45, 2.75) is 6.92 Å². The number of benzene rings is 4. The van der Waals surface area contributed by atoms with Gasteiger partial charge < -0.3 is 4.52 Å². The van der Waals surface area contributed by atoms with E-state index in [1.807, 2.05) is 78.9 Å². The van der Waals surface area contributed by atoms with Crippen molar-refractivity contribution in [3.63, 3.8) is 0 Å². The molecule has 0 aromatic heterocycles. The second-order valence-corrected chi connectivity index (χ2v) is 13.5. The zero-order valence-corrected chi connectivity index (χ0v) is 21.1. The van der Waals surface area contributed by atoms with Gasteiger partial charge in [0.05, 0.1) is 12.8 Å². The Morgan fingerprint density at radius 2 is 1.24 bits per heavy atom. The molecule has 4 aromatic rings. The predicted molar refractivity (Wildman–Crippen MR) is 143 cm³/mol. The Labute approximate surface area is 204 Å². The summed E-state index contributed by atoms with van der Waals surface area (Å²) in [5, 5.41) is 6.88. The molecule has 1 aliphatic heterocycles. The summed E-state index contributed by atoms with van der Waals surface area (Å²) in [5.74, 6) is 0.497. The van der Waals surface area contributed by atoms with Crippen molar-refractivity contribution in [3.05, 3.63) is 131 Å². The Bertz CT molecular complexity index is 1400. The highest BCUT2D eigenvalue weighted by Crippen LogP contribution is 2.68. The van der Waals surface area contributed by atoms with Gasteiger partial charge in [0.1, 0.15) is 5.75 Å². The standard InChI is InChI=1S/C27H23ClN2O2P2/c1-21-27(22-17-19-23(28)20-18-22)29-34(31,32-24-11-5-2-6-12-24)30-33(21,25-13-7-3-8-14-25)26-15-9-4-10-16-26/h2-20H,1H3,(H,29,31). The van der Waals surface area contributed by atoms with Crippen molar-refractivity contribution in [2.75, 3.05) is 0 Å². The highest BCUT2D eigenvalue weighted by Gasteiger charge is 2.41. The maximum absolute atomic E-state index is 14.4. The van der Waals surface area contributed by atoms with E-state index in [-0.39, 0.29) is 0 Å². The van der Waals surface area contributed by atoms with Crippen molar-refractivity contribution in [1.82, 2.24) is 5.09 Å². The molecule has 0 bridgehead atoms. The van der Waals surface area contributed by atoms with Crippen LogP contribution in [-0.2, 0) is 4.57 Å². The minimum Gasteiger partial charge on any atom is -0.413 e. The topological polar surface area (TPSA) is 50.7 Å². The lowest BCUT2D eigenvalue weighted by atomic mass is 10.1. The molecule has 1 atom stereocenters. The predicted octanol–water partition coefficient (Wildman–Crippen LogP) is 7.67. The van der Waals surface area contributed by atoms with Crippen molar-refractivity contribution in [3.8, 4) is 5.75 Å². The minimum atomic E-state index is -3.73. The zero-order valence-electron chi connectivity index (χ0n) is 18.5. The van der Waals surface area contributed by atoms with Gasteiger partial charge in [-0.1, -0.05) is 103 Å². The van der Waals surface area contributed by atoms with Gasteiger partial charge in [-0.25, -0.2) is 4.57 Å². The first-order valence-electron chi connectivity index (χ1n) is 10.9. The van der Waals surface area contributed by atoms with Gasteiger partial charge in [-0.15, -0.1) is 0 Å². The normalized spacial score (nSPS) is 19.1. The molecule has 4 aromatic carbocycles. The molecular weight excluding hydrogens is 482 g/mol. The number of hydrogen-bond donors (Lipinski definition) is 1. The van der Waals surface area contributed by atoms with Gasteiger partial charge in [0.25, 0.3) is 0 Å². The molecule has 0 saturated carbocycles. The fraction of sp³-hybridized carbons (Fsp3) is 0.0370. The average molecular weight is 505 g/mol. The van der Waals surface area contributed by atoms with E-state index in [4.69, 9.17) is 20.6 Å². The molecule has 7 heteroatoms. The van der Waals surface area contributed by atoms with E-state index in [9.17, 15) is 4.57 Å². The van der Waals surface area contributed by atoms with Crippen LogP contribution in [0.1, 0.15) is 12.5 Å². The Morgan fingerprint density at radius 3 is 1.76 bits per heavy atom. The molecule has 34 heavy (non-hydrogen) atoms. The van der Waals surface area contributed by atoms with Crippen LogP contribution >= 0.6 is 26.3 Å². The average Bonchev–Trinajstić information content (AvgIpc) is 2.87. The third-order valence-corrected chi connectivity index (χ3v) is 12.2. The molecule has 1 aliphatic rings. The molecule has 4 nitrogen and oxygen atoms in total. The highest BCUT2D eigenvalue weighted by molar-refractivity contribution is 7.88. The minimum absolute atomic E-state index is 0.497. The zero-order chi connectivity index (χ0) is 23.6. The third-order valence-electron chi connectivity index (χ3n) is 5.72. The second-order valence-electron chi connectivity index (χ2n) is 7.90. The van der Waals surface area contributed by atoms with Crippen LogP contribution in [0.25, 0.3) is 5.70 Å². The summed E-state index contributed by atoms with van der Waals surface area (Å²) >= 11 is 6.17. The molecule has 1 N–H and O–H groups in total. The highest BCUT2D eigenvalue weighted by atomic mass is 35.5. The molecular formula is C27H23ClN2O2P2. The quantitative estimate of drug-likeness (QED) is 0.284. The smallest absolute Gasteiger partial charge is 0.413 e. The molecule has 1 unspecified atom stereocenters. The summed E-state index contributed by atoms with van der Waals surface area (Å²) in [6, 6.07) is 36.9. The summed E-state index contributed by atoms with van der Waals surface area (Å²) in [6.45, 7) is 2.07. The van der Waals surface area contributed by atoms with Gasteiger partial charge in [0.15, 0.2) is 0 Å². The van der Waals surface area contributed by atoms with Gasteiger partial charge in [-0.05, 0) is 42.1 Å². The van der Waals surface area contributed by atoms with Gasteiger partial charge >= 0.3 is 7.67 Å². The van der Waals surface area contributed by atoms with E-state index in [0.29, 0.717) is 10.8 Å². The van der Waals surface area contributed by atoms with E-state index in [2.05, 4.69) is 36.3 Å². The molecule has 0 fully saturated rings. The van der Waals surface area contributed by atoms with Crippen molar-refractivity contribution in [2.24, 2.45) is 4.52 Å². The molecule has 0 amide bonds. The van der Waals surface area contributed by atoms with Crippen molar-refractivity contribution in [1.29, 1.82) is 0 Å². The molecule has 0 radical (unpaired) electrons. The maximum Gasteiger partial charge on any atom is 0.464 e. The number of allylic oxidation sites excluding steroid dienone is 1. The number of para-hydroxylation sites is 1. The number of nitrogens with zero attached hydrogens (tertiary/aromatic N) is 1. The molecule has 0 aliphatic carbocycles. The number of hydrogen-bond acceptors (Lipinski definition) is 2. The summed E-state index contributed by atoms with van der Waals surface area (Å²) in [4.78, 5) is 0. The lowest BCUT2D eigenvalue weighted by Gasteiger charge is -2.35. The first kappa shape index (κ1) is 22.7. The van der Waals surface area contributed by atoms with Gasteiger partial charge in [-0.2, -0.15) is 4.52 Å². The van der Waals surface area contributed by atoms with Crippen LogP contribution in [0, 0.1) is 0 Å². The molecule has 0 saturated heterocycles. The van der Waals surface area contributed by atoms with Crippen LogP contribution < -0.4 is 20.2 Å². The lowest BCUT2D eigenvalue weighted by Crippen LogP contribution is -2.25. The largest absolute Gasteiger partial charge is 0.464 e. The van der Waals surface area contributed by atoms with Gasteiger partial charge in [-0.3, -0.25) is 5.09 Å². The van der Waals surface area contributed by atoms with Crippen LogP contribution in [0.4, 0.5) is 0 Å². The summed E-state index contributed by atoms with van der Waals surface area (Å²) in [6.07, 6.45) is 0. The summed E-state index contributed by atoms with van der Waals surface area (Å²) in [7, 11) is -6.38. The van der Waals surface area contributed by atoms with E-state index in [1.54, 1.807) is 12.1 Å². The fourth-order valence-electron chi connectivity index (χ4n) is 4.13. The first-order valence-corrected chi connectivity index (χ1v) is 14.6. The Morgan fingerprint density at radius 1 is 0.735 bits per heavy atom. The Balaban J connectivity index is 1.83. The summed E-state index contributed by atoms with van der Waals surface area (Å²) in [5.41, 5.74) is 1.64. The van der Waals surface area contributed by atoms with E-state index >= 15 is 0 Å². The van der Waals surface area contributed by atoms with Crippen LogP contribution in [-0.4, -0.2) is 0 Å². The van der Waals surface area contributed by atoms with Crippen LogP contribution in [0.5, 0.6) is 5.75 Å². The van der Waals surface area contributed by atoms with Gasteiger partial charge in [0.2, 0.25) is 0 Å². The monoisotopic (exact) mass is 504 g/mol. The fourth-order valence-corrected chi connectivity index (χ4v) is 11.3. The Kier molecular flexibility index (Phi) is 6.23. The van der Waals surface area contributed by atoms with E-state index < -0.39 is 14.7 Å². The van der Waals surface area contributed by atoms with E-state index in [0.717, 1.165) is 27.2 Å². The number of halogens is 1. The molecule has 170 valence electrons. The van der Waals surface area contributed by atoms with Gasteiger partial charge in [0, 0.05) is 15.6 Å². The third kappa shape index (κ3) is 4.26. The van der Waals surface area contributed by atoms with Crippen LogP contribution in [0.3, 0.4) is 0 Å². The van der Waals surface area contributed by atoms with Crippen LogP contribution in [0.2, 0.25) is 5.02 Å². The lowest BCUT2D eigenvalue weighted by molar-refractivity contribution is 0.477. The molecule has 1 heterocycles. The summed E-state index contributed by atoms with van der Waals surface area (Å²) < 4.78 is 25.6. The maximum atomic E-state index is 14.4. The first-order chi connectivity index (χ1) is 16.5. The van der Waals surface area contributed by atoms with E-state index in [1.165, 1.54) is 0 Å². The molecule has 5 rings (SSSR count). The second kappa shape index (κ2) is 9.31. The van der Waals surface area contributed by atoms with Crippen molar-refractivity contribution >= 4 is 42.6 Å². The number of rotatable bonds is 5.